The van der Waals surface area contributed by atoms with Gasteiger partial charge in [-0.15, -0.1) is 0 Å². The predicted molar refractivity (Wildman–Crippen MR) is 143 cm³/mol. The molecule has 0 spiro atoms. The maximum Gasteiger partial charge on any atom is 0.0541 e. The normalized spacial score (nSPS) is 11.2. The highest BCUT2D eigenvalue weighted by Gasteiger charge is 2.14. The molecule has 0 saturated heterocycles. The number of hydrogen-bond donors (Lipinski definition) is 0. The molecule has 2 nitrogen and oxygen atoms in total. The molecule has 0 unspecified atom stereocenters. The Hall–Kier alpha value is -3.82. The molecule has 0 aliphatic carbocycles. The minimum atomic E-state index is 1.07. The predicted octanol–water partition coefficient (Wildman–Crippen LogP) is 9.02. The average molecular weight is 489 g/mol. The third-order valence-corrected chi connectivity index (χ3v) is 6.57. The highest BCUT2D eigenvalue weighted by atomic mass is 79.9. The Morgan fingerprint density at radius 2 is 0.909 bits per heavy atom. The minimum Gasteiger partial charge on any atom is -0.311 e. The number of hydrogen-bond acceptors (Lipinski definition) is 1. The standard InChI is InChI=1S/C30H21BrN2/c31-22-14-16-24(17-15-22)32(23-8-2-1-3-9-23)25-18-20-26(21-19-25)33-29-12-6-4-10-27(29)28-11-5-7-13-30(28)33/h1-21H. The fourth-order valence-electron chi connectivity index (χ4n) is 4.57. The van der Waals surface area contributed by atoms with Crippen molar-refractivity contribution in [1.82, 2.24) is 4.57 Å². The Kier molecular flexibility index (Phi) is 4.97. The van der Waals surface area contributed by atoms with E-state index in [1.807, 2.05) is 0 Å². The van der Waals surface area contributed by atoms with Gasteiger partial charge in [0.1, 0.15) is 0 Å². The number of para-hydroxylation sites is 3. The average Bonchev–Trinajstić information content (AvgIpc) is 3.21. The van der Waals surface area contributed by atoms with E-state index in [0.717, 1.165) is 27.2 Å². The molecule has 0 fully saturated rings. The van der Waals surface area contributed by atoms with E-state index < -0.39 is 0 Å². The van der Waals surface area contributed by atoms with Crippen molar-refractivity contribution in [2.45, 2.75) is 0 Å². The summed E-state index contributed by atoms with van der Waals surface area (Å²) < 4.78 is 3.42. The van der Waals surface area contributed by atoms with E-state index in [-0.39, 0.29) is 0 Å². The van der Waals surface area contributed by atoms with Gasteiger partial charge in [-0.25, -0.2) is 0 Å². The number of aromatic nitrogens is 1. The van der Waals surface area contributed by atoms with Gasteiger partial charge in [-0.3, -0.25) is 0 Å². The van der Waals surface area contributed by atoms with Gasteiger partial charge in [-0.1, -0.05) is 70.5 Å². The Balaban J connectivity index is 1.49. The van der Waals surface area contributed by atoms with E-state index in [1.54, 1.807) is 0 Å². The molecule has 33 heavy (non-hydrogen) atoms. The largest absolute Gasteiger partial charge is 0.311 e. The summed E-state index contributed by atoms with van der Waals surface area (Å²) in [5, 5.41) is 2.55. The first-order valence-electron chi connectivity index (χ1n) is 11.0. The van der Waals surface area contributed by atoms with E-state index in [0.29, 0.717) is 0 Å². The third kappa shape index (κ3) is 3.51. The van der Waals surface area contributed by atoms with Gasteiger partial charge in [-0.05, 0) is 72.8 Å². The SMILES string of the molecule is Brc1ccc(N(c2ccccc2)c2ccc(-n3c4ccccc4c4ccccc43)cc2)cc1. The van der Waals surface area contributed by atoms with Gasteiger partial charge >= 0.3 is 0 Å². The Morgan fingerprint density at radius 3 is 1.48 bits per heavy atom. The van der Waals surface area contributed by atoms with Gasteiger partial charge in [0.25, 0.3) is 0 Å². The molecule has 1 aromatic heterocycles. The van der Waals surface area contributed by atoms with Crippen molar-refractivity contribution in [2.24, 2.45) is 0 Å². The summed E-state index contributed by atoms with van der Waals surface area (Å²) in [5.41, 5.74) is 6.96. The number of nitrogens with zero attached hydrogens (tertiary/aromatic N) is 2. The maximum absolute atomic E-state index is 3.56. The first kappa shape index (κ1) is 19.8. The lowest BCUT2D eigenvalue weighted by molar-refractivity contribution is 1.17. The summed E-state index contributed by atoms with van der Waals surface area (Å²) in [5.74, 6) is 0. The summed E-state index contributed by atoms with van der Waals surface area (Å²) in [7, 11) is 0. The second-order valence-electron chi connectivity index (χ2n) is 8.03. The van der Waals surface area contributed by atoms with Gasteiger partial charge in [0.2, 0.25) is 0 Å². The lowest BCUT2D eigenvalue weighted by Gasteiger charge is -2.25. The molecular weight excluding hydrogens is 468 g/mol. The molecule has 0 bridgehead atoms. The van der Waals surface area contributed by atoms with Gasteiger partial charge in [0.05, 0.1) is 11.0 Å². The van der Waals surface area contributed by atoms with Crippen LogP contribution in [0.15, 0.2) is 132 Å². The quantitative estimate of drug-likeness (QED) is 0.240. The van der Waals surface area contributed by atoms with E-state index in [9.17, 15) is 0 Å². The second-order valence-corrected chi connectivity index (χ2v) is 8.95. The molecule has 0 amide bonds. The van der Waals surface area contributed by atoms with Crippen molar-refractivity contribution in [2.75, 3.05) is 4.90 Å². The Bertz CT molecular complexity index is 1500. The van der Waals surface area contributed by atoms with Crippen LogP contribution < -0.4 is 4.90 Å². The zero-order chi connectivity index (χ0) is 22.2. The molecule has 0 aliphatic rings. The molecule has 0 N–H and O–H groups in total. The molecule has 6 rings (SSSR count). The minimum absolute atomic E-state index is 1.07. The Labute approximate surface area is 201 Å². The van der Waals surface area contributed by atoms with Crippen LogP contribution in [0.3, 0.4) is 0 Å². The number of benzene rings is 5. The lowest BCUT2D eigenvalue weighted by Crippen LogP contribution is -2.09. The van der Waals surface area contributed by atoms with E-state index in [2.05, 4.69) is 153 Å². The van der Waals surface area contributed by atoms with Gasteiger partial charge in [0.15, 0.2) is 0 Å². The highest BCUT2D eigenvalue weighted by Crippen LogP contribution is 2.37. The van der Waals surface area contributed by atoms with Crippen molar-refractivity contribution >= 4 is 54.8 Å². The molecule has 0 radical (unpaired) electrons. The molecule has 3 heteroatoms. The lowest BCUT2D eigenvalue weighted by atomic mass is 10.2. The third-order valence-electron chi connectivity index (χ3n) is 6.05. The van der Waals surface area contributed by atoms with E-state index >= 15 is 0 Å². The Morgan fingerprint density at radius 1 is 0.455 bits per heavy atom. The monoisotopic (exact) mass is 488 g/mol. The molecule has 158 valence electrons. The fourth-order valence-corrected chi connectivity index (χ4v) is 4.83. The van der Waals surface area contributed by atoms with Gasteiger partial charge in [0, 0.05) is 38.0 Å². The summed E-state index contributed by atoms with van der Waals surface area (Å²) in [6, 6.07) is 45.0. The van der Waals surface area contributed by atoms with Crippen molar-refractivity contribution in [3.8, 4) is 5.69 Å². The van der Waals surface area contributed by atoms with E-state index in [1.165, 1.54) is 21.8 Å². The van der Waals surface area contributed by atoms with Crippen LogP contribution in [0.25, 0.3) is 27.5 Å². The zero-order valence-electron chi connectivity index (χ0n) is 17.9. The van der Waals surface area contributed by atoms with Crippen molar-refractivity contribution in [1.29, 1.82) is 0 Å². The molecule has 0 saturated carbocycles. The summed E-state index contributed by atoms with van der Waals surface area (Å²) in [6.45, 7) is 0. The van der Waals surface area contributed by atoms with Crippen molar-refractivity contribution in [3.05, 3.63) is 132 Å². The van der Waals surface area contributed by atoms with Gasteiger partial charge in [-0.2, -0.15) is 0 Å². The summed E-state index contributed by atoms with van der Waals surface area (Å²) in [6.07, 6.45) is 0. The number of fused-ring (bicyclic) bond motifs is 3. The van der Waals surface area contributed by atoms with Crippen LogP contribution in [-0.2, 0) is 0 Å². The second kappa shape index (κ2) is 8.27. The van der Waals surface area contributed by atoms with Crippen LogP contribution in [0.4, 0.5) is 17.1 Å². The zero-order valence-corrected chi connectivity index (χ0v) is 19.5. The number of rotatable bonds is 4. The van der Waals surface area contributed by atoms with E-state index in [4.69, 9.17) is 0 Å². The van der Waals surface area contributed by atoms with Crippen LogP contribution in [-0.4, -0.2) is 4.57 Å². The highest BCUT2D eigenvalue weighted by molar-refractivity contribution is 9.10. The maximum atomic E-state index is 3.56. The molecular formula is C30H21BrN2. The first-order valence-corrected chi connectivity index (χ1v) is 11.8. The molecule has 1 heterocycles. The van der Waals surface area contributed by atoms with Crippen LogP contribution in [0.2, 0.25) is 0 Å². The molecule has 5 aromatic carbocycles. The molecule has 0 atom stereocenters. The summed E-state index contributed by atoms with van der Waals surface area (Å²) in [4.78, 5) is 2.28. The molecule has 6 aromatic rings. The molecule has 0 aliphatic heterocycles. The summed E-state index contributed by atoms with van der Waals surface area (Å²) >= 11 is 3.56. The number of halogens is 1. The smallest absolute Gasteiger partial charge is 0.0541 e. The van der Waals surface area contributed by atoms with Crippen LogP contribution in [0.5, 0.6) is 0 Å². The van der Waals surface area contributed by atoms with Gasteiger partial charge < -0.3 is 9.47 Å². The fraction of sp³-hybridized carbons (Fsp3) is 0. The van der Waals surface area contributed by atoms with Crippen molar-refractivity contribution in [3.63, 3.8) is 0 Å². The van der Waals surface area contributed by atoms with Crippen LogP contribution >= 0.6 is 15.9 Å². The van der Waals surface area contributed by atoms with Crippen LogP contribution in [0, 0.1) is 0 Å². The van der Waals surface area contributed by atoms with Crippen LogP contribution in [0.1, 0.15) is 0 Å². The number of anilines is 3. The first-order chi connectivity index (χ1) is 16.3. The topological polar surface area (TPSA) is 8.17 Å². The van der Waals surface area contributed by atoms with Crippen molar-refractivity contribution < 1.29 is 0 Å².